The predicted molar refractivity (Wildman–Crippen MR) is 183 cm³/mol. The number of hydrogen-bond acceptors (Lipinski definition) is 6. The number of rotatable bonds is 8. The number of amides is 3. The van der Waals surface area contributed by atoms with Crippen molar-refractivity contribution in [2.75, 3.05) is 30.5 Å². The first-order valence-electron chi connectivity index (χ1n) is 14.6. The number of nitrogens with zero attached hydrogens (tertiary/aromatic N) is 2. The fraction of sp³-hybridized carbons (Fsp3) is 0.265. The van der Waals surface area contributed by atoms with E-state index in [1.54, 1.807) is 44.3 Å². The summed E-state index contributed by atoms with van der Waals surface area (Å²) in [7, 11) is 3.13. The van der Waals surface area contributed by atoms with Gasteiger partial charge in [0.25, 0.3) is 11.8 Å². The topological polar surface area (TPSA) is 111 Å². The molecule has 3 atom stereocenters. The summed E-state index contributed by atoms with van der Waals surface area (Å²) in [6, 6.07) is 18.8. The number of alkyl halides is 3. The number of para-hydroxylation sites is 2. The molecule has 1 heterocycles. The molecule has 3 N–H and O–H groups in total. The molecular formula is C34H33BrClF3N4O5. The third-order valence-electron chi connectivity index (χ3n) is 8.15. The fourth-order valence-electron chi connectivity index (χ4n) is 5.49. The van der Waals surface area contributed by atoms with Crippen LogP contribution in [0, 0.1) is 0 Å². The average molecular weight is 750 g/mol. The number of ether oxygens (including phenoxy) is 1. The number of hydrogen-bond donors (Lipinski definition) is 3. The lowest BCUT2D eigenvalue weighted by Gasteiger charge is -2.27. The minimum atomic E-state index is -4.88. The molecule has 1 aliphatic heterocycles. The highest BCUT2D eigenvalue weighted by molar-refractivity contribution is 9.10. The third kappa shape index (κ3) is 7.44. The van der Waals surface area contributed by atoms with Crippen LogP contribution in [-0.2, 0) is 16.1 Å². The van der Waals surface area contributed by atoms with Gasteiger partial charge in [-0.1, -0.05) is 52.3 Å². The van der Waals surface area contributed by atoms with Crippen molar-refractivity contribution in [2.24, 2.45) is 0 Å². The van der Waals surface area contributed by atoms with Crippen molar-refractivity contribution in [1.82, 2.24) is 10.6 Å². The summed E-state index contributed by atoms with van der Waals surface area (Å²) in [6.45, 7) is 1.39. The molecule has 3 amide bonds. The molecule has 0 aliphatic carbocycles. The Hall–Kier alpha value is -4.17. The van der Waals surface area contributed by atoms with Gasteiger partial charge in [0, 0.05) is 15.6 Å². The molecule has 48 heavy (non-hydrogen) atoms. The van der Waals surface area contributed by atoms with E-state index in [1.165, 1.54) is 29.0 Å². The molecule has 9 nitrogen and oxygen atoms in total. The van der Waals surface area contributed by atoms with Crippen molar-refractivity contribution >= 4 is 68.2 Å². The van der Waals surface area contributed by atoms with E-state index >= 15 is 0 Å². The fourth-order valence-corrected chi connectivity index (χ4v) is 5.87. The van der Waals surface area contributed by atoms with E-state index in [2.05, 4.69) is 26.6 Å². The minimum absolute atomic E-state index is 0. The monoisotopic (exact) mass is 748 g/mol. The first-order chi connectivity index (χ1) is 22.3. The number of likely N-dealkylation sites (N-methyl/N-ethyl adjacent to an activating group) is 1. The van der Waals surface area contributed by atoms with Gasteiger partial charge < -0.3 is 30.3 Å². The van der Waals surface area contributed by atoms with Crippen LogP contribution in [0.2, 0.25) is 0 Å². The smallest absolute Gasteiger partial charge is 0.418 e. The van der Waals surface area contributed by atoms with Crippen molar-refractivity contribution in [1.29, 1.82) is 0 Å². The number of benzene rings is 4. The Morgan fingerprint density at radius 3 is 2.33 bits per heavy atom. The molecule has 0 fully saturated rings. The summed E-state index contributed by atoms with van der Waals surface area (Å²) >= 11 is 3.50. The van der Waals surface area contributed by atoms with E-state index in [0.29, 0.717) is 22.7 Å². The lowest BCUT2D eigenvalue weighted by atomic mass is 10.0. The van der Waals surface area contributed by atoms with Crippen molar-refractivity contribution in [3.8, 4) is 5.75 Å². The number of nitrogens with one attached hydrogen (secondary N) is 2. The molecule has 4 aromatic rings. The second-order valence-electron chi connectivity index (χ2n) is 11.1. The van der Waals surface area contributed by atoms with Crippen LogP contribution < -0.4 is 25.2 Å². The van der Waals surface area contributed by atoms with E-state index in [1.807, 2.05) is 24.3 Å². The molecule has 0 spiro atoms. The van der Waals surface area contributed by atoms with Gasteiger partial charge in [-0.25, -0.2) is 0 Å². The molecule has 0 aromatic heterocycles. The lowest BCUT2D eigenvalue weighted by molar-refractivity contribution is -0.206. The van der Waals surface area contributed by atoms with Crippen LogP contribution in [0.15, 0.2) is 83.3 Å². The van der Waals surface area contributed by atoms with Crippen LogP contribution in [-0.4, -0.2) is 61.8 Å². The van der Waals surface area contributed by atoms with Crippen LogP contribution in [0.4, 0.5) is 24.5 Å². The van der Waals surface area contributed by atoms with Crippen LogP contribution in [0.25, 0.3) is 10.8 Å². The number of halogens is 5. The van der Waals surface area contributed by atoms with Crippen molar-refractivity contribution < 1.29 is 37.4 Å². The Morgan fingerprint density at radius 2 is 1.71 bits per heavy atom. The minimum Gasteiger partial charge on any atom is -0.496 e. The van der Waals surface area contributed by atoms with Crippen LogP contribution in [0.5, 0.6) is 5.75 Å². The highest BCUT2D eigenvalue weighted by Crippen LogP contribution is 2.38. The second-order valence-corrected chi connectivity index (χ2v) is 12.0. The van der Waals surface area contributed by atoms with Gasteiger partial charge in [0.05, 0.1) is 37.6 Å². The van der Waals surface area contributed by atoms with Gasteiger partial charge in [0.15, 0.2) is 6.10 Å². The molecular weight excluding hydrogens is 717 g/mol. The van der Waals surface area contributed by atoms with E-state index < -0.39 is 47.6 Å². The average Bonchev–Trinajstić information content (AvgIpc) is 3.17. The zero-order valence-electron chi connectivity index (χ0n) is 26.0. The van der Waals surface area contributed by atoms with Crippen LogP contribution >= 0.6 is 28.3 Å². The van der Waals surface area contributed by atoms with E-state index in [0.717, 1.165) is 27.4 Å². The third-order valence-corrected chi connectivity index (χ3v) is 8.64. The van der Waals surface area contributed by atoms with Gasteiger partial charge in [0.2, 0.25) is 5.91 Å². The maximum atomic E-state index is 14.4. The first-order valence-corrected chi connectivity index (χ1v) is 15.4. The van der Waals surface area contributed by atoms with E-state index in [-0.39, 0.29) is 31.1 Å². The number of carbonyl (C=O) groups excluding carboxylic acids is 3. The molecule has 14 heteroatoms. The predicted octanol–water partition coefficient (Wildman–Crippen LogP) is 5.91. The number of methoxy groups -OCH3 is 1. The number of fused-ring (bicyclic) bond motifs is 2. The highest BCUT2D eigenvalue weighted by Gasteiger charge is 2.40. The van der Waals surface area contributed by atoms with Crippen molar-refractivity contribution in [2.45, 2.75) is 37.8 Å². The number of aliphatic hydroxyl groups excluding tert-OH is 1. The maximum Gasteiger partial charge on any atom is 0.418 e. The zero-order valence-corrected chi connectivity index (χ0v) is 28.4. The molecule has 1 aliphatic rings. The van der Waals surface area contributed by atoms with E-state index in [9.17, 15) is 32.7 Å². The molecule has 254 valence electrons. The normalized spacial score (nSPS) is 16.0. The summed E-state index contributed by atoms with van der Waals surface area (Å²) in [4.78, 5) is 44.4. The molecule has 4 aromatic carbocycles. The van der Waals surface area contributed by atoms with Gasteiger partial charge in [0.1, 0.15) is 11.8 Å². The molecule has 0 radical (unpaired) electrons. The van der Waals surface area contributed by atoms with Gasteiger partial charge >= 0.3 is 6.18 Å². The zero-order chi connectivity index (χ0) is 34.0. The Balaban J connectivity index is 0.00000520. The van der Waals surface area contributed by atoms with E-state index in [4.69, 9.17) is 4.74 Å². The van der Waals surface area contributed by atoms with Crippen molar-refractivity contribution in [3.05, 3.63) is 100 Å². The number of aliphatic hydroxyl groups is 1. The molecule has 1 unspecified atom stereocenters. The van der Waals surface area contributed by atoms with Gasteiger partial charge in [-0.3, -0.25) is 14.4 Å². The summed E-state index contributed by atoms with van der Waals surface area (Å²) in [5, 5.41) is 17.0. The summed E-state index contributed by atoms with van der Waals surface area (Å²) in [6.07, 6.45) is -7.59. The quantitative estimate of drug-likeness (QED) is 0.207. The molecule has 0 bridgehead atoms. The SMILES string of the molecule is CN[C@@H](C)C(=O)N[C@H]1CN(C(=O)c2ccc(C(O)C(F)(F)F)cc2)c2ccccc2N(Cc2c(OC)ccc3cc(Br)ccc23)C1=O.Cl. The standard InChI is InChI=1S/C34H32BrF3N4O5.ClH/c1-19(39-2)31(44)40-26-18-42(32(45)21-10-8-20(9-11-21)30(43)34(36,37)38)28-7-5-4-6-27(28)41(33(26)46)17-25-24-14-13-23(35)16-22(24)12-15-29(25)47-3;/h4-16,19,26,30,39,43H,17-18H2,1-3H3,(H,40,44);1H/t19-,26-,30?;/m0./s1. The van der Waals surface area contributed by atoms with Gasteiger partial charge in [-0.05, 0) is 72.8 Å². The summed E-state index contributed by atoms with van der Waals surface area (Å²) in [5.41, 5.74) is 1.03. The van der Waals surface area contributed by atoms with Gasteiger partial charge in [-0.2, -0.15) is 13.2 Å². The lowest BCUT2D eigenvalue weighted by Crippen LogP contribution is -2.55. The Morgan fingerprint density at radius 1 is 1.04 bits per heavy atom. The number of anilines is 2. The molecule has 0 saturated carbocycles. The second kappa shape index (κ2) is 14.9. The first kappa shape index (κ1) is 36.7. The maximum absolute atomic E-state index is 14.4. The largest absolute Gasteiger partial charge is 0.496 e. The highest BCUT2D eigenvalue weighted by atomic mass is 79.9. The number of carbonyl (C=O) groups is 3. The van der Waals surface area contributed by atoms with Crippen LogP contribution in [0.3, 0.4) is 0 Å². The Bertz CT molecular complexity index is 1830. The molecule has 0 saturated heterocycles. The van der Waals surface area contributed by atoms with Crippen LogP contribution in [0.1, 0.15) is 34.5 Å². The van der Waals surface area contributed by atoms with Gasteiger partial charge in [-0.15, -0.1) is 12.4 Å². The summed E-state index contributed by atoms with van der Waals surface area (Å²) < 4.78 is 45.9. The Labute approximate surface area is 289 Å². The summed E-state index contributed by atoms with van der Waals surface area (Å²) in [5.74, 6) is -1.03. The Kier molecular flexibility index (Phi) is 11.4. The van der Waals surface area contributed by atoms with Crippen molar-refractivity contribution in [3.63, 3.8) is 0 Å². The molecule has 5 rings (SSSR count).